The number of methoxy groups -OCH3 is 2. The predicted octanol–water partition coefficient (Wildman–Crippen LogP) is 2.32. The maximum absolute atomic E-state index is 12.6. The highest BCUT2D eigenvalue weighted by Crippen LogP contribution is 2.31. The van der Waals surface area contributed by atoms with E-state index in [4.69, 9.17) is 9.47 Å². The molecular weight excluding hydrogens is 308 g/mol. The van der Waals surface area contributed by atoms with E-state index in [1.165, 1.54) is 11.8 Å². The third-order valence-electron chi connectivity index (χ3n) is 4.36. The van der Waals surface area contributed by atoms with Gasteiger partial charge in [0, 0.05) is 31.8 Å². The van der Waals surface area contributed by atoms with E-state index in [2.05, 4.69) is 6.92 Å². The molecule has 1 aromatic carbocycles. The SMILES string of the molecule is COc1ccc(N(CC(=O)N2CCCC(C)C2)C(C)=O)cc1OC. The molecule has 0 N–H and O–H groups in total. The second kappa shape index (κ2) is 8.04. The zero-order valence-corrected chi connectivity index (χ0v) is 14.9. The van der Waals surface area contributed by atoms with Crippen LogP contribution >= 0.6 is 0 Å². The van der Waals surface area contributed by atoms with Crippen LogP contribution in [0.3, 0.4) is 0 Å². The summed E-state index contributed by atoms with van der Waals surface area (Å²) in [5.41, 5.74) is 0.624. The van der Waals surface area contributed by atoms with Gasteiger partial charge in [0.2, 0.25) is 11.8 Å². The number of hydrogen-bond acceptors (Lipinski definition) is 4. The van der Waals surface area contributed by atoms with Crippen LogP contribution in [0.15, 0.2) is 18.2 Å². The number of piperidine rings is 1. The van der Waals surface area contributed by atoms with E-state index in [0.29, 0.717) is 23.1 Å². The molecule has 2 rings (SSSR count). The maximum atomic E-state index is 12.6. The van der Waals surface area contributed by atoms with Crippen molar-refractivity contribution in [3.63, 3.8) is 0 Å². The first-order valence-corrected chi connectivity index (χ1v) is 8.24. The topological polar surface area (TPSA) is 59.1 Å². The molecular formula is C18H26N2O4. The van der Waals surface area contributed by atoms with Crippen LogP contribution in [0, 0.1) is 5.92 Å². The van der Waals surface area contributed by atoms with E-state index < -0.39 is 0 Å². The van der Waals surface area contributed by atoms with E-state index in [-0.39, 0.29) is 18.4 Å². The number of rotatable bonds is 5. The average Bonchev–Trinajstić information content (AvgIpc) is 2.58. The van der Waals surface area contributed by atoms with Gasteiger partial charge in [0.15, 0.2) is 11.5 Å². The summed E-state index contributed by atoms with van der Waals surface area (Å²) in [5.74, 6) is 1.42. The van der Waals surface area contributed by atoms with Gasteiger partial charge in [-0.1, -0.05) is 6.92 Å². The standard InChI is InChI=1S/C18H26N2O4/c1-13-6-5-9-19(11-13)18(22)12-20(14(2)21)15-7-8-16(23-3)17(10-15)24-4/h7-8,10,13H,5-6,9,11-12H2,1-4H3. The van der Waals surface area contributed by atoms with Gasteiger partial charge in [0.25, 0.3) is 0 Å². The van der Waals surface area contributed by atoms with Crippen molar-refractivity contribution in [3.05, 3.63) is 18.2 Å². The highest BCUT2D eigenvalue weighted by molar-refractivity contribution is 5.97. The molecule has 0 spiro atoms. The van der Waals surface area contributed by atoms with Crippen molar-refractivity contribution in [2.24, 2.45) is 5.92 Å². The summed E-state index contributed by atoms with van der Waals surface area (Å²) in [7, 11) is 3.10. The maximum Gasteiger partial charge on any atom is 0.242 e. The van der Waals surface area contributed by atoms with Crippen LogP contribution in [0.25, 0.3) is 0 Å². The molecule has 0 radical (unpaired) electrons. The Labute approximate surface area is 143 Å². The highest BCUT2D eigenvalue weighted by Gasteiger charge is 2.24. The number of carbonyl (C=O) groups excluding carboxylic acids is 2. The Hall–Kier alpha value is -2.24. The largest absolute Gasteiger partial charge is 0.493 e. The lowest BCUT2D eigenvalue weighted by atomic mass is 10.0. The summed E-state index contributed by atoms with van der Waals surface area (Å²) in [6.45, 7) is 5.17. The third kappa shape index (κ3) is 4.19. The Bertz CT molecular complexity index is 603. The first-order chi connectivity index (χ1) is 11.5. The smallest absolute Gasteiger partial charge is 0.242 e. The van der Waals surface area contributed by atoms with Crippen LogP contribution in [-0.4, -0.2) is 50.6 Å². The molecule has 1 atom stereocenters. The molecule has 1 heterocycles. The van der Waals surface area contributed by atoms with Crippen molar-refractivity contribution < 1.29 is 19.1 Å². The van der Waals surface area contributed by atoms with Crippen LogP contribution in [0.2, 0.25) is 0 Å². The predicted molar refractivity (Wildman–Crippen MR) is 92.6 cm³/mol. The number of hydrogen-bond donors (Lipinski definition) is 0. The summed E-state index contributed by atoms with van der Waals surface area (Å²) in [5, 5.41) is 0. The molecule has 1 aromatic rings. The summed E-state index contributed by atoms with van der Waals surface area (Å²) >= 11 is 0. The van der Waals surface area contributed by atoms with Crippen molar-refractivity contribution in [2.45, 2.75) is 26.7 Å². The average molecular weight is 334 g/mol. The number of benzene rings is 1. The van der Waals surface area contributed by atoms with Crippen molar-refractivity contribution >= 4 is 17.5 Å². The lowest BCUT2D eigenvalue weighted by molar-refractivity contribution is -0.132. The molecule has 6 heteroatoms. The van der Waals surface area contributed by atoms with Gasteiger partial charge in [-0.2, -0.15) is 0 Å². The summed E-state index contributed by atoms with van der Waals surface area (Å²) in [6.07, 6.45) is 2.17. The molecule has 132 valence electrons. The molecule has 1 aliphatic heterocycles. The van der Waals surface area contributed by atoms with Crippen LogP contribution < -0.4 is 14.4 Å². The fourth-order valence-electron chi connectivity index (χ4n) is 3.03. The number of anilines is 1. The van der Waals surface area contributed by atoms with Gasteiger partial charge in [0.05, 0.1) is 14.2 Å². The Balaban J connectivity index is 2.17. The lowest BCUT2D eigenvalue weighted by Crippen LogP contribution is -2.46. The molecule has 0 aromatic heterocycles. The molecule has 24 heavy (non-hydrogen) atoms. The second-order valence-corrected chi connectivity index (χ2v) is 6.23. The summed E-state index contributed by atoms with van der Waals surface area (Å²) in [4.78, 5) is 28.0. The highest BCUT2D eigenvalue weighted by atomic mass is 16.5. The zero-order valence-electron chi connectivity index (χ0n) is 14.9. The van der Waals surface area contributed by atoms with Crippen molar-refractivity contribution in [3.8, 4) is 11.5 Å². The Morgan fingerprint density at radius 3 is 2.54 bits per heavy atom. The molecule has 0 saturated carbocycles. The molecule has 1 unspecified atom stereocenters. The van der Waals surface area contributed by atoms with Crippen LogP contribution in [-0.2, 0) is 9.59 Å². The summed E-state index contributed by atoms with van der Waals surface area (Å²) < 4.78 is 10.5. The van der Waals surface area contributed by atoms with Crippen LogP contribution in [0.4, 0.5) is 5.69 Å². The second-order valence-electron chi connectivity index (χ2n) is 6.23. The van der Waals surface area contributed by atoms with Crippen molar-refractivity contribution in [1.82, 2.24) is 4.90 Å². The number of ether oxygens (including phenoxy) is 2. The molecule has 6 nitrogen and oxygen atoms in total. The van der Waals surface area contributed by atoms with Gasteiger partial charge < -0.3 is 19.3 Å². The molecule has 2 amide bonds. The first kappa shape index (κ1) is 18.1. The van der Waals surface area contributed by atoms with E-state index in [9.17, 15) is 9.59 Å². The Morgan fingerprint density at radius 1 is 1.25 bits per heavy atom. The minimum absolute atomic E-state index is 0.0217. The van der Waals surface area contributed by atoms with Gasteiger partial charge in [-0.3, -0.25) is 9.59 Å². The molecule has 1 fully saturated rings. The van der Waals surface area contributed by atoms with E-state index in [0.717, 1.165) is 25.9 Å². The Morgan fingerprint density at radius 2 is 1.96 bits per heavy atom. The normalized spacial score (nSPS) is 17.3. The van der Waals surface area contributed by atoms with E-state index >= 15 is 0 Å². The van der Waals surface area contributed by atoms with Crippen molar-refractivity contribution in [1.29, 1.82) is 0 Å². The van der Waals surface area contributed by atoms with Gasteiger partial charge in [-0.15, -0.1) is 0 Å². The summed E-state index contributed by atoms with van der Waals surface area (Å²) in [6, 6.07) is 5.21. The van der Waals surface area contributed by atoms with Gasteiger partial charge in [-0.25, -0.2) is 0 Å². The molecule has 0 bridgehead atoms. The quantitative estimate of drug-likeness (QED) is 0.829. The molecule has 1 aliphatic rings. The number of nitrogens with zero attached hydrogens (tertiary/aromatic N) is 2. The fraction of sp³-hybridized carbons (Fsp3) is 0.556. The first-order valence-electron chi connectivity index (χ1n) is 8.24. The number of amides is 2. The minimum Gasteiger partial charge on any atom is -0.493 e. The Kier molecular flexibility index (Phi) is 6.06. The van der Waals surface area contributed by atoms with Crippen LogP contribution in [0.1, 0.15) is 26.7 Å². The number of carbonyl (C=O) groups is 2. The molecule has 0 aliphatic carbocycles. The number of likely N-dealkylation sites (tertiary alicyclic amines) is 1. The lowest BCUT2D eigenvalue weighted by Gasteiger charge is -2.32. The monoisotopic (exact) mass is 334 g/mol. The minimum atomic E-state index is -0.180. The third-order valence-corrected chi connectivity index (χ3v) is 4.36. The van der Waals surface area contributed by atoms with Crippen LogP contribution in [0.5, 0.6) is 11.5 Å². The van der Waals surface area contributed by atoms with Gasteiger partial charge in [0.1, 0.15) is 6.54 Å². The van der Waals surface area contributed by atoms with E-state index in [1.807, 2.05) is 4.90 Å². The van der Waals surface area contributed by atoms with Crippen molar-refractivity contribution in [2.75, 3.05) is 38.8 Å². The van der Waals surface area contributed by atoms with E-state index in [1.54, 1.807) is 32.4 Å². The molecule has 1 saturated heterocycles. The fourth-order valence-corrected chi connectivity index (χ4v) is 3.03. The van der Waals surface area contributed by atoms with Gasteiger partial charge in [-0.05, 0) is 30.9 Å². The zero-order chi connectivity index (χ0) is 17.7. The van der Waals surface area contributed by atoms with Gasteiger partial charge >= 0.3 is 0 Å².